The second kappa shape index (κ2) is 7.86. The monoisotopic (exact) mass is 367 g/mol. The molecular formula is C21H25N3O3. The fourth-order valence-corrected chi connectivity index (χ4v) is 3.85. The van der Waals surface area contributed by atoms with E-state index in [1.807, 2.05) is 29.2 Å². The Morgan fingerprint density at radius 3 is 2.04 bits per heavy atom. The van der Waals surface area contributed by atoms with E-state index in [9.17, 15) is 9.59 Å². The Bertz CT molecular complexity index is 780. The van der Waals surface area contributed by atoms with Crippen molar-refractivity contribution in [3.05, 3.63) is 54.0 Å². The van der Waals surface area contributed by atoms with Crippen molar-refractivity contribution in [1.29, 1.82) is 0 Å². The average Bonchev–Trinajstić information content (AvgIpc) is 3.38. The Morgan fingerprint density at radius 2 is 1.41 bits per heavy atom. The second-order valence-electron chi connectivity index (χ2n) is 7.16. The van der Waals surface area contributed by atoms with Crippen molar-refractivity contribution in [3.8, 4) is 0 Å². The van der Waals surface area contributed by atoms with Gasteiger partial charge in [0.15, 0.2) is 5.76 Å². The van der Waals surface area contributed by atoms with Gasteiger partial charge >= 0.3 is 0 Å². The third kappa shape index (κ3) is 3.84. The Morgan fingerprint density at radius 1 is 0.741 bits per heavy atom. The lowest BCUT2D eigenvalue weighted by Gasteiger charge is -2.22. The van der Waals surface area contributed by atoms with E-state index in [-0.39, 0.29) is 11.8 Å². The quantitative estimate of drug-likeness (QED) is 0.837. The topological polar surface area (TPSA) is 57.0 Å². The molecule has 2 saturated heterocycles. The summed E-state index contributed by atoms with van der Waals surface area (Å²) in [5.41, 5.74) is 1.90. The molecular weight excluding hydrogens is 342 g/mol. The fraction of sp³-hybridized carbons (Fsp3) is 0.429. The zero-order chi connectivity index (χ0) is 18.6. The van der Waals surface area contributed by atoms with Crippen LogP contribution in [0.2, 0.25) is 0 Å². The Labute approximate surface area is 159 Å². The lowest BCUT2D eigenvalue weighted by atomic mass is 10.1. The van der Waals surface area contributed by atoms with Gasteiger partial charge in [0.1, 0.15) is 0 Å². The van der Waals surface area contributed by atoms with Gasteiger partial charge in [-0.05, 0) is 55.7 Å². The van der Waals surface area contributed by atoms with Crippen LogP contribution in [-0.4, -0.2) is 60.9 Å². The summed E-state index contributed by atoms with van der Waals surface area (Å²) in [5, 5.41) is 0. The molecule has 0 unspecified atom stereocenters. The molecule has 4 rings (SSSR count). The largest absolute Gasteiger partial charge is 0.459 e. The van der Waals surface area contributed by atoms with Crippen LogP contribution in [0.25, 0.3) is 0 Å². The highest BCUT2D eigenvalue weighted by Gasteiger charge is 2.24. The zero-order valence-corrected chi connectivity index (χ0v) is 15.5. The number of rotatable bonds is 3. The zero-order valence-electron chi connectivity index (χ0n) is 15.5. The molecule has 27 heavy (non-hydrogen) atoms. The summed E-state index contributed by atoms with van der Waals surface area (Å²) in [6.45, 7) is 4.56. The molecule has 0 aliphatic carbocycles. The summed E-state index contributed by atoms with van der Waals surface area (Å²) in [6.07, 6.45) is 4.75. The first-order valence-corrected chi connectivity index (χ1v) is 9.69. The smallest absolute Gasteiger partial charge is 0.289 e. The lowest BCUT2D eigenvalue weighted by Crippen LogP contribution is -2.37. The molecule has 2 amide bonds. The van der Waals surface area contributed by atoms with E-state index >= 15 is 0 Å². The third-order valence-corrected chi connectivity index (χ3v) is 5.39. The third-order valence-electron chi connectivity index (χ3n) is 5.39. The summed E-state index contributed by atoms with van der Waals surface area (Å²) in [6, 6.07) is 11.3. The van der Waals surface area contributed by atoms with Crippen LogP contribution in [0, 0.1) is 0 Å². The van der Waals surface area contributed by atoms with Crippen LogP contribution >= 0.6 is 0 Å². The molecule has 3 heterocycles. The molecule has 0 bridgehead atoms. The first-order valence-electron chi connectivity index (χ1n) is 9.69. The Kier molecular flexibility index (Phi) is 5.14. The highest BCUT2D eigenvalue weighted by Crippen LogP contribution is 2.21. The van der Waals surface area contributed by atoms with Crippen LogP contribution in [0.15, 0.2) is 47.1 Å². The van der Waals surface area contributed by atoms with Crippen molar-refractivity contribution in [2.75, 3.05) is 44.2 Å². The van der Waals surface area contributed by atoms with Crippen molar-refractivity contribution in [2.24, 2.45) is 0 Å². The van der Waals surface area contributed by atoms with Crippen molar-refractivity contribution < 1.29 is 14.0 Å². The van der Waals surface area contributed by atoms with Crippen LogP contribution in [0.4, 0.5) is 5.69 Å². The molecule has 0 spiro atoms. The molecule has 142 valence electrons. The van der Waals surface area contributed by atoms with Gasteiger partial charge in [0.25, 0.3) is 11.8 Å². The molecule has 0 atom stereocenters. The van der Waals surface area contributed by atoms with Gasteiger partial charge in [-0.3, -0.25) is 9.59 Å². The number of carbonyl (C=O) groups is 2. The molecule has 0 saturated carbocycles. The van der Waals surface area contributed by atoms with Crippen molar-refractivity contribution >= 4 is 17.5 Å². The lowest BCUT2D eigenvalue weighted by molar-refractivity contribution is 0.0700. The maximum Gasteiger partial charge on any atom is 0.289 e. The van der Waals surface area contributed by atoms with Crippen molar-refractivity contribution in [3.63, 3.8) is 0 Å². The van der Waals surface area contributed by atoms with Crippen LogP contribution in [0.1, 0.15) is 40.2 Å². The van der Waals surface area contributed by atoms with Gasteiger partial charge in [-0.2, -0.15) is 0 Å². The summed E-state index contributed by atoms with van der Waals surface area (Å²) in [4.78, 5) is 31.3. The van der Waals surface area contributed by atoms with Crippen LogP contribution in [-0.2, 0) is 0 Å². The van der Waals surface area contributed by atoms with E-state index in [1.165, 1.54) is 24.8 Å². The average molecular weight is 367 g/mol. The number of furan rings is 1. The predicted octanol–water partition coefficient (Wildman–Crippen LogP) is 2.87. The number of carbonyl (C=O) groups excluding carboxylic acids is 2. The number of nitrogens with zero attached hydrogens (tertiary/aromatic N) is 3. The molecule has 2 aromatic rings. The number of anilines is 1. The minimum absolute atomic E-state index is 0.0373. The normalized spacial score (nSPS) is 17.9. The van der Waals surface area contributed by atoms with Gasteiger partial charge in [-0.25, -0.2) is 0 Å². The van der Waals surface area contributed by atoms with Crippen LogP contribution in [0.5, 0.6) is 0 Å². The Balaban J connectivity index is 1.38. The van der Waals surface area contributed by atoms with Crippen molar-refractivity contribution in [2.45, 2.75) is 19.3 Å². The SMILES string of the molecule is O=C(c1ccc(N2CCCC2)cc1)N1CCCN(C(=O)c2ccco2)CC1. The number of amides is 2. The molecule has 6 heteroatoms. The second-order valence-corrected chi connectivity index (χ2v) is 7.16. The molecule has 2 aliphatic heterocycles. The first-order chi connectivity index (χ1) is 13.2. The van der Waals surface area contributed by atoms with Crippen LogP contribution < -0.4 is 4.90 Å². The first kappa shape index (κ1) is 17.6. The van der Waals surface area contributed by atoms with E-state index in [4.69, 9.17) is 4.42 Å². The Hall–Kier alpha value is -2.76. The molecule has 6 nitrogen and oxygen atoms in total. The van der Waals surface area contributed by atoms with Gasteiger partial charge in [0.2, 0.25) is 0 Å². The number of hydrogen-bond donors (Lipinski definition) is 0. The van der Waals surface area contributed by atoms with E-state index in [2.05, 4.69) is 4.90 Å². The van der Waals surface area contributed by atoms with E-state index in [0.29, 0.717) is 37.5 Å². The number of hydrogen-bond acceptors (Lipinski definition) is 4. The van der Waals surface area contributed by atoms with Gasteiger partial charge in [0.05, 0.1) is 6.26 Å². The molecule has 1 aromatic heterocycles. The summed E-state index contributed by atoms with van der Waals surface area (Å²) < 4.78 is 5.21. The van der Waals surface area contributed by atoms with E-state index < -0.39 is 0 Å². The van der Waals surface area contributed by atoms with E-state index in [1.54, 1.807) is 17.0 Å². The fourth-order valence-electron chi connectivity index (χ4n) is 3.85. The highest BCUT2D eigenvalue weighted by molar-refractivity contribution is 5.95. The molecule has 0 N–H and O–H groups in total. The van der Waals surface area contributed by atoms with Gasteiger partial charge < -0.3 is 19.1 Å². The minimum Gasteiger partial charge on any atom is -0.459 e. The minimum atomic E-state index is -0.107. The molecule has 2 fully saturated rings. The van der Waals surface area contributed by atoms with Gasteiger partial charge in [0, 0.05) is 50.5 Å². The molecule has 1 aromatic carbocycles. The van der Waals surface area contributed by atoms with Gasteiger partial charge in [-0.15, -0.1) is 0 Å². The summed E-state index contributed by atoms with van der Waals surface area (Å²) in [5.74, 6) is 0.284. The standard InChI is InChI=1S/C21H25N3O3/c25-20(17-6-8-18(9-7-17)22-10-1-2-11-22)23-12-4-13-24(15-14-23)21(26)19-5-3-16-27-19/h3,5-9,16H,1-2,4,10-15H2. The molecule has 2 aliphatic rings. The number of benzene rings is 1. The summed E-state index contributed by atoms with van der Waals surface area (Å²) >= 11 is 0. The van der Waals surface area contributed by atoms with Gasteiger partial charge in [-0.1, -0.05) is 0 Å². The van der Waals surface area contributed by atoms with Crippen LogP contribution in [0.3, 0.4) is 0 Å². The highest BCUT2D eigenvalue weighted by atomic mass is 16.3. The molecule has 0 radical (unpaired) electrons. The van der Waals surface area contributed by atoms with E-state index in [0.717, 1.165) is 19.5 Å². The summed E-state index contributed by atoms with van der Waals surface area (Å²) in [7, 11) is 0. The predicted molar refractivity (Wildman–Crippen MR) is 103 cm³/mol. The maximum absolute atomic E-state index is 12.9. The van der Waals surface area contributed by atoms with Crippen molar-refractivity contribution in [1.82, 2.24) is 9.80 Å². The maximum atomic E-state index is 12.9.